The Morgan fingerprint density at radius 3 is 2.67 bits per heavy atom. The quantitative estimate of drug-likeness (QED) is 0.664. The highest BCUT2D eigenvalue weighted by molar-refractivity contribution is 5.94. The largest absolute Gasteiger partial charge is 0.414 e. The lowest BCUT2D eigenvalue weighted by molar-refractivity contribution is -0.384. The van der Waals surface area contributed by atoms with E-state index in [0.29, 0.717) is 0 Å². The highest BCUT2D eigenvalue weighted by Gasteiger charge is 2.28. The van der Waals surface area contributed by atoms with Crippen LogP contribution in [-0.2, 0) is 4.84 Å². The first-order valence-corrected chi connectivity index (χ1v) is 4.53. The molecule has 0 fully saturated rings. The standard InChI is InChI=1S/C9H7F3N2O4/c10-9(11,12)5-18-13-8(15)6-2-1-3-7(4-6)14(16)17/h1-4H,5H2,(H,13,15). The zero-order valence-corrected chi connectivity index (χ0v) is 8.73. The number of amides is 1. The number of hydrogen-bond acceptors (Lipinski definition) is 4. The Balaban J connectivity index is 2.62. The minimum Gasteiger partial charge on any atom is -0.267 e. The Bertz CT molecular complexity index is 461. The van der Waals surface area contributed by atoms with Crippen molar-refractivity contribution in [1.29, 1.82) is 0 Å². The van der Waals surface area contributed by atoms with Crippen LogP contribution in [0.3, 0.4) is 0 Å². The Morgan fingerprint density at radius 2 is 2.11 bits per heavy atom. The van der Waals surface area contributed by atoms with E-state index in [-0.39, 0.29) is 11.3 Å². The first-order valence-electron chi connectivity index (χ1n) is 4.53. The number of non-ortho nitro benzene ring substituents is 1. The van der Waals surface area contributed by atoms with E-state index in [9.17, 15) is 28.1 Å². The van der Waals surface area contributed by atoms with E-state index >= 15 is 0 Å². The van der Waals surface area contributed by atoms with Gasteiger partial charge in [0.05, 0.1) is 4.92 Å². The molecule has 98 valence electrons. The van der Waals surface area contributed by atoms with Crippen molar-refractivity contribution in [1.82, 2.24) is 5.48 Å². The lowest BCUT2D eigenvalue weighted by atomic mass is 10.2. The van der Waals surface area contributed by atoms with Gasteiger partial charge in [-0.25, -0.2) is 5.48 Å². The molecule has 0 bridgehead atoms. The van der Waals surface area contributed by atoms with E-state index in [0.717, 1.165) is 12.1 Å². The fraction of sp³-hybridized carbons (Fsp3) is 0.222. The van der Waals surface area contributed by atoms with Crippen molar-refractivity contribution in [2.24, 2.45) is 0 Å². The van der Waals surface area contributed by atoms with Crippen molar-refractivity contribution < 1.29 is 27.7 Å². The van der Waals surface area contributed by atoms with Gasteiger partial charge in [-0.1, -0.05) is 6.07 Å². The summed E-state index contributed by atoms with van der Waals surface area (Å²) in [4.78, 5) is 24.9. The minimum atomic E-state index is -4.57. The second-order valence-corrected chi connectivity index (χ2v) is 3.14. The summed E-state index contributed by atoms with van der Waals surface area (Å²) < 4.78 is 35.1. The molecule has 18 heavy (non-hydrogen) atoms. The zero-order valence-electron chi connectivity index (χ0n) is 8.73. The number of halogens is 3. The number of nitro groups is 1. The van der Waals surface area contributed by atoms with E-state index in [1.165, 1.54) is 12.1 Å². The number of rotatable bonds is 4. The van der Waals surface area contributed by atoms with Crippen LogP contribution in [0.1, 0.15) is 10.4 Å². The van der Waals surface area contributed by atoms with Gasteiger partial charge in [0.2, 0.25) is 0 Å². The molecule has 0 aliphatic carbocycles. The fourth-order valence-electron chi connectivity index (χ4n) is 1.00. The lowest BCUT2D eigenvalue weighted by Gasteiger charge is -2.08. The predicted octanol–water partition coefficient (Wildman–Crippen LogP) is 1.82. The maximum Gasteiger partial charge on any atom is 0.414 e. The van der Waals surface area contributed by atoms with Crippen LogP contribution < -0.4 is 5.48 Å². The molecule has 9 heteroatoms. The maximum absolute atomic E-state index is 11.7. The van der Waals surface area contributed by atoms with Gasteiger partial charge in [-0.05, 0) is 6.07 Å². The van der Waals surface area contributed by atoms with Crippen molar-refractivity contribution >= 4 is 11.6 Å². The number of carbonyl (C=O) groups is 1. The van der Waals surface area contributed by atoms with Gasteiger partial charge in [0.15, 0.2) is 6.61 Å². The van der Waals surface area contributed by atoms with E-state index in [4.69, 9.17) is 0 Å². The van der Waals surface area contributed by atoms with E-state index in [2.05, 4.69) is 4.84 Å². The first kappa shape index (κ1) is 13.9. The predicted molar refractivity (Wildman–Crippen MR) is 52.6 cm³/mol. The molecule has 0 heterocycles. The molecule has 0 aliphatic heterocycles. The molecule has 6 nitrogen and oxygen atoms in total. The smallest absolute Gasteiger partial charge is 0.267 e. The van der Waals surface area contributed by atoms with Crippen molar-refractivity contribution in [2.75, 3.05) is 6.61 Å². The molecular formula is C9H7F3N2O4. The third-order valence-corrected chi connectivity index (χ3v) is 1.72. The number of benzene rings is 1. The van der Waals surface area contributed by atoms with E-state index < -0.39 is 23.6 Å². The second kappa shape index (κ2) is 5.45. The summed E-state index contributed by atoms with van der Waals surface area (Å²) >= 11 is 0. The molecule has 0 aromatic heterocycles. The van der Waals surface area contributed by atoms with Gasteiger partial charge in [-0.3, -0.25) is 19.7 Å². The van der Waals surface area contributed by atoms with Crippen LogP contribution in [-0.4, -0.2) is 23.6 Å². The van der Waals surface area contributed by atoms with Crippen molar-refractivity contribution in [3.63, 3.8) is 0 Å². The molecule has 0 saturated heterocycles. The van der Waals surface area contributed by atoms with Crippen LogP contribution in [0.25, 0.3) is 0 Å². The van der Waals surface area contributed by atoms with E-state index in [1.54, 1.807) is 5.48 Å². The SMILES string of the molecule is O=C(NOCC(F)(F)F)c1cccc([N+](=O)[O-])c1. The molecule has 0 radical (unpaired) electrons. The molecule has 1 amide bonds. The highest BCUT2D eigenvalue weighted by Crippen LogP contribution is 2.15. The Labute approximate surface area is 98.5 Å². The monoisotopic (exact) mass is 264 g/mol. The number of hydroxylamine groups is 1. The van der Waals surface area contributed by atoms with Crippen LogP contribution in [0.4, 0.5) is 18.9 Å². The average molecular weight is 264 g/mol. The third kappa shape index (κ3) is 4.37. The molecule has 1 N–H and O–H groups in total. The van der Waals surface area contributed by atoms with Gasteiger partial charge in [-0.15, -0.1) is 0 Å². The van der Waals surface area contributed by atoms with Gasteiger partial charge < -0.3 is 0 Å². The van der Waals surface area contributed by atoms with Crippen molar-refractivity contribution in [2.45, 2.75) is 6.18 Å². The summed E-state index contributed by atoms with van der Waals surface area (Å²) in [6, 6.07) is 4.51. The molecule has 0 saturated carbocycles. The Morgan fingerprint density at radius 1 is 1.44 bits per heavy atom. The summed E-state index contributed by atoms with van der Waals surface area (Å²) in [5, 5.41) is 10.4. The van der Waals surface area contributed by atoms with Crippen LogP contribution in [0.2, 0.25) is 0 Å². The van der Waals surface area contributed by atoms with Gasteiger partial charge in [-0.2, -0.15) is 13.2 Å². The second-order valence-electron chi connectivity index (χ2n) is 3.14. The van der Waals surface area contributed by atoms with Gasteiger partial charge in [0.25, 0.3) is 11.6 Å². The third-order valence-electron chi connectivity index (χ3n) is 1.72. The van der Waals surface area contributed by atoms with Crippen molar-refractivity contribution in [3.05, 3.63) is 39.9 Å². The molecule has 0 spiro atoms. The molecule has 0 unspecified atom stereocenters. The van der Waals surface area contributed by atoms with Gasteiger partial charge in [0.1, 0.15) is 0 Å². The summed E-state index contributed by atoms with van der Waals surface area (Å²) in [6.07, 6.45) is -4.57. The van der Waals surface area contributed by atoms with Crippen LogP contribution in [0, 0.1) is 10.1 Å². The summed E-state index contributed by atoms with van der Waals surface area (Å²) in [5.41, 5.74) is 1.02. The zero-order chi connectivity index (χ0) is 13.8. The normalized spacial score (nSPS) is 11.1. The number of nitrogens with one attached hydrogen (secondary N) is 1. The highest BCUT2D eigenvalue weighted by atomic mass is 19.4. The van der Waals surface area contributed by atoms with Gasteiger partial charge in [0, 0.05) is 17.7 Å². The fourth-order valence-corrected chi connectivity index (χ4v) is 1.00. The molecular weight excluding hydrogens is 257 g/mol. The van der Waals surface area contributed by atoms with Crippen LogP contribution >= 0.6 is 0 Å². The number of alkyl halides is 3. The Kier molecular flexibility index (Phi) is 4.21. The number of nitrogens with zero attached hydrogens (tertiary/aromatic N) is 1. The number of carbonyl (C=O) groups excluding carboxylic acids is 1. The first-order chi connectivity index (χ1) is 8.29. The summed E-state index contributed by atoms with van der Waals surface area (Å²) in [5.74, 6) is -0.997. The molecule has 1 aromatic carbocycles. The van der Waals surface area contributed by atoms with Crippen LogP contribution in [0.15, 0.2) is 24.3 Å². The molecule has 0 aliphatic rings. The Hall–Kier alpha value is -2.16. The summed E-state index contributed by atoms with van der Waals surface area (Å²) in [7, 11) is 0. The maximum atomic E-state index is 11.7. The molecule has 0 atom stereocenters. The topological polar surface area (TPSA) is 81.5 Å². The molecule has 1 aromatic rings. The number of nitro benzene ring substituents is 1. The van der Waals surface area contributed by atoms with Crippen molar-refractivity contribution in [3.8, 4) is 0 Å². The minimum absolute atomic E-state index is 0.175. The van der Waals surface area contributed by atoms with Crippen LogP contribution in [0.5, 0.6) is 0 Å². The summed E-state index contributed by atoms with van der Waals surface area (Å²) in [6.45, 7) is -1.65. The van der Waals surface area contributed by atoms with Gasteiger partial charge >= 0.3 is 6.18 Å². The molecule has 1 rings (SSSR count). The van der Waals surface area contributed by atoms with E-state index in [1.807, 2.05) is 0 Å². The lowest BCUT2D eigenvalue weighted by Crippen LogP contribution is -2.29. The average Bonchev–Trinajstić information content (AvgIpc) is 2.27. The number of hydrogen-bond donors (Lipinski definition) is 1.